The highest BCUT2D eigenvalue weighted by atomic mass is 16.5. The monoisotopic (exact) mass is 441 g/mol. The lowest BCUT2D eigenvalue weighted by molar-refractivity contribution is -0.178. The minimum Gasteiger partial charge on any atom is -0.393 e. The Labute approximate surface area is 191 Å². The maximum absolute atomic E-state index is 14.1. The summed E-state index contributed by atoms with van der Waals surface area (Å²) in [7, 11) is 0. The molecule has 4 fully saturated rings. The Balaban J connectivity index is 1.39. The molecule has 2 heterocycles. The third kappa shape index (κ3) is 2.63. The van der Waals surface area contributed by atoms with Gasteiger partial charge in [0.25, 0.3) is 0 Å². The number of hydrogen-bond donors (Lipinski definition) is 2. The number of rotatable bonds is 0. The molecule has 0 aromatic heterocycles. The Hall–Kier alpha value is -1.01. The van der Waals surface area contributed by atoms with E-state index in [9.17, 15) is 15.1 Å². The summed E-state index contributed by atoms with van der Waals surface area (Å²) in [5.41, 5.74) is 3.02. The molecule has 6 aliphatic rings. The van der Waals surface area contributed by atoms with Crippen molar-refractivity contribution in [3.63, 3.8) is 0 Å². The summed E-state index contributed by atoms with van der Waals surface area (Å²) < 4.78 is 6.86. The van der Waals surface area contributed by atoms with Gasteiger partial charge in [0.1, 0.15) is 0 Å². The molecule has 10 atom stereocenters. The van der Waals surface area contributed by atoms with Gasteiger partial charge in [0, 0.05) is 24.0 Å². The van der Waals surface area contributed by atoms with Crippen LogP contribution in [0.4, 0.5) is 0 Å². The van der Waals surface area contributed by atoms with E-state index in [0.29, 0.717) is 30.1 Å². The zero-order valence-electron chi connectivity index (χ0n) is 20.0. The van der Waals surface area contributed by atoms with E-state index in [-0.39, 0.29) is 35.5 Å². The molecule has 2 saturated heterocycles. The maximum atomic E-state index is 14.1. The predicted molar refractivity (Wildman–Crippen MR) is 121 cm³/mol. The summed E-state index contributed by atoms with van der Waals surface area (Å²) >= 11 is 0. The standard InChI is InChI=1S/C27H39NO4/c1-14-11-21-24(28(31)13-14)16(3)27(32-21)10-8-19-20-6-5-17-12-18(29)7-9-26(17,4)23(20)25(30)22(19)15(27)2/h5,14,16,18-21,23-24,29,31H,6-13H2,1-4H3/t14-,16+,18-,19-,20-,21+,23+,24-,26-,27-/m0/s1. The number of aliphatic hydroxyl groups is 1. The molecule has 0 radical (unpaired) electrons. The molecule has 32 heavy (non-hydrogen) atoms. The fraction of sp³-hybridized carbons (Fsp3) is 0.815. The van der Waals surface area contributed by atoms with Crippen LogP contribution in [0, 0.1) is 35.0 Å². The van der Waals surface area contributed by atoms with E-state index in [0.717, 1.165) is 56.1 Å². The summed E-state index contributed by atoms with van der Waals surface area (Å²) in [6.45, 7) is 9.56. The molecule has 0 unspecified atom stereocenters. The van der Waals surface area contributed by atoms with Gasteiger partial charge in [-0.3, -0.25) is 4.79 Å². The number of nitrogens with zero attached hydrogens (tertiary/aromatic N) is 1. The quantitative estimate of drug-likeness (QED) is 0.549. The van der Waals surface area contributed by atoms with Crippen molar-refractivity contribution in [2.24, 2.45) is 35.0 Å². The van der Waals surface area contributed by atoms with Crippen molar-refractivity contribution in [2.75, 3.05) is 6.54 Å². The second kappa shape index (κ2) is 7.00. The summed E-state index contributed by atoms with van der Waals surface area (Å²) in [5, 5.41) is 22.5. The molecule has 2 saturated carbocycles. The van der Waals surface area contributed by atoms with Gasteiger partial charge in [0.2, 0.25) is 0 Å². The first-order chi connectivity index (χ1) is 15.2. The number of allylic oxidation sites excluding steroid dienone is 2. The SMILES string of the molecule is CC1=C2C(=O)[C@H]3[C@@H](CC=C4C[C@@H](O)CC[C@@]43C)[C@@H]2CC[C@]12O[C@@H]1C[C@H](C)CN(O)[C@H]1[C@H]2C. The number of piperidine rings is 1. The van der Waals surface area contributed by atoms with Gasteiger partial charge in [-0.2, -0.15) is 5.06 Å². The number of ether oxygens (including phenoxy) is 1. The maximum Gasteiger partial charge on any atom is 0.163 e. The molecule has 6 rings (SSSR count). The first-order valence-corrected chi connectivity index (χ1v) is 12.9. The van der Waals surface area contributed by atoms with E-state index in [4.69, 9.17) is 4.74 Å². The largest absolute Gasteiger partial charge is 0.393 e. The molecule has 0 bridgehead atoms. The number of hydroxylamine groups is 2. The van der Waals surface area contributed by atoms with Crippen LogP contribution in [-0.4, -0.2) is 51.6 Å². The van der Waals surface area contributed by atoms with E-state index < -0.39 is 5.60 Å². The molecule has 2 N–H and O–H groups in total. The molecule has 4 aliphatic carbocycles. The topological polar surface area (TPSA) is 70.0 Å². The lowest BCUT2D eigenvalue weighted by Gasteiger charge is -2.48. The van der Waals surface area contributed by atoms with Crippen molar-refractivity contribution >= 4 is 5.78 Å². The van der Waals surface area contributed by atoms with Crippen LogP contribution in [0.2, 0.25) is 0 Å². The average Bonchev–Trinajstić information content (AvgIpc) is 3.18. The van der Waals surface area contributed by atoms with Crippen LogP contribution < -0.4 is 0 Å². The van der Waals surface area contributed by atoms with Crippen molar-refractivity contribution in [1.29, 1.82) is 0 Å². The minimum absolute atomic E-state index is 0.0164. The lowest BCUT2D eigenvalue weighted by atomic mass is 9.56. The Morgan fingerprint density at radius 1 is 1.22 bits per heavy atom. The predicted octanol–water partition coefficient (Wildman–Crippen LogP) is 4.28. The summed E-state index contributed by atoms with van der Waals surface area (Å²) in [5.74, 6) is 1.72. The average molecular weight is 442 g/mol. The Morgan fingerprint density at radius 3 is 2.78 bits per heavy atom. The van der Waals surface area contributed by atoms with Gasteiger partial charge >= 0.3 is 0 Å². The van der Waals surface area contributed by atoms with Crippen molar-refractivity contribution in [3.05, 3.63) is 22.8 Å². The first kappa shape index (κ1) is 21.5. The molecule has 0 aromatic rings. The molecule has 5 nitrogen and oxygen atoms in total. The zero-order chi connectivity index (χ0) is 22.6. The van der Waals surface area contributed by atoms with Crippen LogP contribution in [0.1, 0.15) is 72.6 Å². The molecule has 0 amide bonds. The third-order valence-corrected chi connectivity index (χ3v) is 10.7. The van der Waals surface area contributed by atoms with Crippen LogP contribution in [0.5, 0.6) is 0 Å². The fourth-order valence-corrected chi connectivity index (χ4v) is 9.14. The molecule has 1 spiro atoms. The van der Waals surface area contributed by atoms with E-state index in [1.807, 2.05) is 0 Å². The van der Waals surface area contributed by atoms with E-state index in [2.05, 4.69) is 33.8 Å². The van der Waals surface area contributed by atoms with Crippen molar-refractivity contribution in [3.8, 4) is 0 Å². The van der Waals surface area contributed by atoms with Crippen molar-refractivity contribution in [2.45, 2.75) is 96.5 Å². The summed E-state index contributed by atoms with van der Waals surface area (Å²) in [6.07, 6.45) is 8.48. The molecule has 176 valence electrons. The zero-order valence-corrected chi connectivity index (χ0v) is 20.0. The van der Waals surface area contributed by atoms with Crippen molar-refractivity contribution < 1.29 is 19.8 Å². The Bertz CT molecular complexity index is 909. The minimum atomic E-state index is -0.421. The van der Waals surface area contributed by atoms with Gasteiger partial charge < -0.3 is 15.1 Å². The van der Waals surface area contributed by atoms with Gasteiger partial charge in [-0.1, -0.05) is 32.4 Å². The molecule has 2 aliphatic heterocycles. The first-order valence-electron chi connectivity index (χ1n) is 12.9. The van der Waals surface area contributed by atoms with Crippen molar-refractivity contribution in [1.82, 2.24) is 5.06 Å². The number of ketones is 1. The Kier molecular flexibility index (Phi) is 4.71. The highest BCUT2D eigenvalue weighted by Gasteiger charge is 2.64. The van der Waals surface area contributed by atoms with Gasteiger partial charge in [0.05, 0.1) is 23.9 Å². The summed E-state index contributed by atoms with van der Waals surface area (Å²) in [6, 6.07) is 0.0164. The van der Waals surface area contributed by atoms with Gasteiger partial charge in [0.15, 0.2) is 5.78 Å². The number of aliphatic hydroxyl groups excluding tert-OH is 1. The van der Waals surface area contributed by atoms with Gasteiger partial charge in [-0.05, 0) is 80.6 Å². The molecular weight excluding hydrogens is 402 g/mol. The van der Waals surface area contributed by atoms with Crippen LogP contribution in [0.15, 0.2) is 22.8 Å². The second-order valence-electron chi connectivity index (χ2n) is 12.3. The van der Waals surface area contributed by atoms with Gasteiger partial charge in [-0.15, -0.1) is 0 Å². The van der Waals surface area contributed by atoms with Crippen LogP contribution in [-0.2, 0) is 9.53 Å². The third-order valence-electron chi connectivity index (χ3n) is 10.7. The Morgan fingerprint density at radius 2 is 2.00 bits per heavy atom. The normalized spacial score (nSPS) is 53.1. The molecule has 0 aromatic carbocycles. The second-order valence-corrected chi connectivity index (χ2v) is 12.3. The highest BCUT2D eigenvalue weighted by molar-refractivity contribution is 6.02. The van der Waals surface area contributed by atoms with E-state index in [1.54, 1.807) is 0 Å². The lowest BCUT2D eigenvalue weighted by Crippen LogP contribution is -2.50. The van der Waals surface area contributed by atoms with E-state index in [1.165, 1.54) is 10.6 Å². The smallest absolute Gasteiger partial charge is 0.163 e. The van der Waals surface area contributed by atoms with Crippen LogP contribution >= 0.6 is 0 Å². The van der Waals surface area contributed by atoms with Gasteiger partial charge in [-0.25, -0.2) is 0 Å². The number of fused-ring (bicyclic) bond motifs is 6. The highest BCUT2D eigenvalue weighted by Crippen LogP contribution is 2.64. The number of carbonyl (C=O) groups excluding carboxylic acids is 1. The molecular formula is C27H39NO4. The number of carbonyl (C=O) groups is 1. The number of hydrogen-bond acceptors (Lipinski definition) is 5. The summed E-state index contributed by atoms with van der Waals surface area (Å²) in [4.78, 5) is 14.1. The molecule has 5 heteroatoms. The van der Waals surface area contributed by atoms with E-state index >= 15 is 0 Å². The van der Waals surface area contributed by atoms with Crippen LogP contribution in [0.25, 0.3) is 0 Å². The fourth-order valence-electron chi connectivity index (χ4n) is 9.14. The van der Waals surface area contributed by atoms with Crippen LogP contribution in [0.3, 0.4) is 0 Å². The number of Topliss-reactive ketones (excluding diaryl/α,β-unsaturated/α-hetero) is 1.